The van der Waals surface area contributed by atoms with E-state index >= 15 is 0 Å². The summed E-state index contributed by atoms with van der Waals surface area (Å²) in [6, 6.07) is 0. The number of esters is 1. The normalized spacial score (nSPS) is 10.6. The molecule has 0 bridgehead atoms. The molecule has 0 aliphatic carbocycles. The molecule has 22 heavy (non-hydrogen) atoms. The van der Waals surface area contributed by atoms with Crippen LogP contribution < -0.4 is 11.0 Å². The molecule has 0 aliphatic rings. The number of aryl methyl sites for hydroxylation is 1. The standard InChI is InChI=1S/C11H13ClN6O4/c1-2-22-7(19)5-13-10(20)8-9-15-16-18(4-3-12)11(21)17(9)6-14-8/h6H,2-5H2,1H3,(H,13,20). The van der Waals surface area contributed by atoms with Gasteiger partial charge < -0.3 is 10.1 Å². The first-order chi connectivity index (χ1) is 10.6. The lowest BCUT2D eigenvalue weighted by atomic mass is 10.4. The summed E-state index contributed by atoms with van der Waals surface area (Å²) in [4.78, 5) is 39.0. The third-order valence-electron chi connectivity index (χ3n) is 2.63. The number of hydrogen-bond acceptors (Lipinski definition) is 7. The fourth-order valence-electron chi connectivity index (χ4n) is 1.67. The number of imidazole rings is 1. The van der Waals surface area contributed by atoms with Gasteiger partial charge in [0.2, 0.25) is 0 Å². The molecule has 0 saturated heterocycles. The highest BCUT2D eigenvalue weighted by Gasteiger charge is 2.18. The highest BCUT2D eigenvalue weighted by molar-refractivity contribution is 6.17. The second-order valence-corrected chi connectivity index (χ2v) is 4.44. The van der Waals surface area contributed by atoms with Crippen LogP contribution in [0.5, 0.6) is 0 Å². The smallest absolute Gasteiger partial charge is 0.353 e. The van der Waals surface area contributed by atoms with Crippen molar-refractivity contribution in [1.29, 1.82) is 0 Å². The number of halogens is 1. The first-order valence-electron chi connectivity index (χ1n) is 6.39. The molecule has 2 aromatic rings. The number of ether oxygens (including phenoxy) is 1. The molecule has 0 aliphatic heterocycles. The van der Waals surface area contributed by atoms with Crippen LogP contribution in [0, 0.1) is 0 Å². The molecule has 0 unspecified atom stereocenters. The SMILES string of the molecule is CCOC(=O)CNC(=O)c1ncn2c(=O)n(CCCl)nnc12. The quantitative estimate of drug-likeness (QED) is 0.523. The Morgan fingerprint density at radius 3 is 2.91 bits per heavy atom. The van der Waals surface area contributed by atoms with Gasteiger partial charge in [-0.15, -0.1) is 16.7 Å². The van der Waals surface area contributed by atoms with Crippen LogP contribution in [-0.2, 0) is 16.1 Å². The number of rotatable bonds is 6. The van der Waals surface area contributed by atoms with Crippen LogP contribution in [0.1, 0.15) is 17.4 Å². The molecule has 0 radical (unpaired) electrons. The van der Waals surface area contributed by atoms with E-state index in [-0.39, 0.29) is 36.9 Å². The van der Waals surface area contributed by atoms with E-state index in [2.05, 4.69) is 25.3 Å². The monoisotopic (exact) mass is 328 g/mol. The molecule has 1 N–H and O–H groups in total. The molecule has 1 amide bonds. The maximum Gasteiger partial charge on any atom is 0.353 e. The lowest BCUT2D eigenvalue weighted by Gasteiger charge is -2.03. The first-order valence-corrected chi connectivity index (χ1v) is 6.92. The van der Waals surface area contributed by atoms with Crippen molar-refractivity contribution in [3.05, 3.63) is 22.5 Å². The molecule has 0 spiro atoms. The number of alkyl halides is 1. The van der Waals surface area contributed by atoms with Crippen molar-refractivity contribution in [2.24, 2.45) is 0 Å². The zero-order valence-electron chi connectivity index (χ0n) is 11.7. The molecule has 118 valence electrons. The summed E-state index contributed by atoms with van der Waals surface area (Å²) in [6.45, 7) is 1.76. The molecule has 0 fully saturated rings. The maximum atomic E-state index is 12.0. The molecule has 0 saturated carbocycles. The molecule has 2 rings (SSSR count). The van der Waals surface area contributed by atoms with E-state index in [0.717, 1.165) is 15.4 Å². The van der Waals surface area contributed by atoms with Crippen LogP contribution in [0.2, 0.25) is 0 Å². The van der Waals surface area contributed by atoms with E-state index < -0.39 is 17.6 Å². The molecule has 2 aromatic heterocycles. The summed E-state index contributed by atoms with van der Waals surface area (Å²) >= 11 is 5.55. The van der Waals surface area contributed by atoms with E-state index in [1.165, 1.54) is 0 Å². The van der Waals surface area contributed by atoms with Gasteiger partial charge in [0, 0.05) is 5.88 Å². The molecule has 0 atom stereocenters. The molecular weight excluding hydrogens is 316 g/mol. The Morgan fingerprint density at radius 1 is 1.45 bits per heavy atom. The minimum absolute atomic E-state index is 0.00261. The summed E-state index contributed by atoms with van der Waals surface area (Å²) in [6.07, 6.45) is 1.16. The number of hydrogen-bond donors (Lipinski definition) is 1. The van der Waals surface area contributed by atoms with Crippen molar-refractivity contribution in [2.45, 2.75) is 13.5 Å². The zero-order chi connectivity index (χ0) is 16.1. The van der Waals surface area contributed by atoms with E-state index in [1.807, 2.05) is 0 Å². The van der Waals surface area contributed by atoms with Gasteiger partial charge >= 0.3 is 11.7 Å². The van der Waals surface area contributed by atoms with Gasteiger partial charge in [-0.05, 0) is 6.92 Å². The Balaban J connectivity index is 2.22. The lowest BCUT2D eigenvalue weighted by molar-refractivity contribution is -0.141. The van der Waals surface area contributed by atoms with Crippen molar-refractivity contribution < 1.29 is 14.3 Å². The van der Waals surface area contributed by atoms with Gasteiger partial charge in [0.15, 0.2) is 11.3 Å². The van der Waals surface area contributed by atoms with Crippen molar-refractivity contribution in [3.8, 4) is 0 Å². The minimum Gasteiger partial charge on any atom is -0.465 e. The van der Waals surface area contributed by atoms with Crippen molar-refractivity contribution >= 4 is 29.1 Å². The van der Waals surface area contributed by atoms with E-state index in [1.54, 1.807) is 6.92 Å². The van der Waals surface area contributed by atoms with Gasteiger partial charge in [0.25, 0.3) is 5.91 Å². The summed E-state index contributed by atoms with van der Waals surface area (Å²) < 4.78 is 6.83. The Labute approximate surface area is 129 Å². The first kappa shape index (κ1) is 15.9. The average Bonchev–Trinajstić information content (AvgIpc) is 2.93. The third kappa shape index (κ3) is 3.22. The summed E-state index contributed by atoms with van der Waals surface area (Å²) in [7, 11) is 0. The predicted molar refractivity (Wildman–Crippen MR) is 74.7 cm³/mol. The Morgan fingerprint density at radius 2 is 2.23 bits per heavy atom. The van der Waals surface area contributed by atoms with E-state index in [0.29, 0.717) is 0 Å². The highest BCUT2D eigenvalue weighted by Crippen LogP contribution is 2.02. The van der Waals surface area contributed by atoms with Gasteiger partial charge in [-0.1, -0.05) is 5.21 Å². The van der Waals surface area contributed by atoms with Crippen molar-refractivity contribution in [2.75, 3.05) is 19.0 Å². The third-order valence-corrected chi connectivity index (χ3v) is 2.80. The Kier molecular flexibility index (Phi) is 5.04. The number of fused-ring (bicyclic) bond motifs is 1. The van der Waals surface area contributed by atoms with Crippen LogP contribution in [0.25, 0.3) is 5.65 Å². The highest BCUT2D eigenvalue weighted by atomic mass is 35.5. The number of carbonyl (C=O) groups is 2. The summed E-state index contributed by atoms with van der Waals surface area (Å²) in [5.74, 6) is -1.03. The van der Waals surface area contributed by atoms with Crippen LogP contribution in [0.4, 0.5) is 0 Å². The fraction of sp³-hybridized carbons (Fsp3) is 0.455. The number of carbonyl (C=O) groups excluding carboxylic acids is 2. The van der Waals surface area contributed by atoms with Gasteiger partial charge in [-0.3, -0.25) is 9.59 Å². The van der Waals surface area contributed by atoms with Crippen molar-refractivity contribution in [3.63, 3.8) is 0 Å². The number of amides is 1. The Hall–Kier alpha value is -2.49. The van der Waals surface area contributed by atoms with Gasteiger partial charge in [0.1, 0.15) is 12.9 Å². The van der Waals surface area contributed by atoms with Crippen LogP contribution in [-0.4, -0.2) is 55.3 Å². The van der Waals surface area contributed by atoms with Crippen LogP contribution in [0.3, 0.4) is 0 Å². The van der Waals surface area contributed by atoms with E-state index in [4.69, 9.17) is 11.6 Å². The summed E-state index contributed by atoms with van der Waals surface area (Å²) in [5.41, 5.74) is -0.619. The van der Waals surface area contributed by atoms with Crippen LogP contribution in [0.15, 0.2) is 11.1 Å². The van der Waals surface area contributed by atoms with Gasteiger partial charge in [-0.25, -0.2) is 14.2 Å². The topological polar surface area (TPSA) is 120 Å². The van der Waals surface area contributed by atoms with Crippen molar-refractivity contribution in [1.82, 2.24) is 29.7 Å². The summed E-state index contributed by atoms with van der Waals surface area (Å²) in [5, 5.41) is 9.79. The molecular formula is C11H13ClN6O4. The number of nitrogens with zero attached hydrogens (tertiary/aromatic N) is 5. The minimum atomic E-state index is -0.653. The fourth-order valence-corrected chi connectivity index (χ4v) is 1.83. The zero-order valence-corrected chi connectivity index (χ0v) is 12.4. The van der Waals surface area contributed by atoms with Crippen LogP contribution >= 0.6 is 11.6 Å². The molecule has 11 heteroatoms. The number of aromatic nitrogens is 5. The molecule has 0 aromatic carbocycles. The lowest BCUT2D eigenvalue weighted by Crippen LogP contribution is -2.32. The second kappa shape index (κ2) is 6.98. The molecule has 10 nitrogen and oxygen atoms in total. The van der Waals surface area contributed by atoms with Gasteiger partial charge in [-0.2, -0.15) is 4.68 Å². The molecule has 2 heterocycles. The van der Waals surface area contributed by atoms with E-state index in [9.17, 15) is 14.4 Å². The predicted octanol–water partition coefficient (Wildman–Crippen LogP) is -1.18. The largest absolute Gasteiger partial charge is 0.465 e. The Bertz CT molecular complexity index is 755. The maximum absolute atomic E-state index is 12.0. The number of nitrogens with one attached hydrogen (secondary N) is 1. The second-order valence-electron chi connectivity index (χ2n) is 4.06. The van der Waals surface area contributed by atoms with Gasteiger partial charge in [0.05, 0.1) is 13.2 Å². The average molecular weight is 329 g/mol.